The lowest BCUT2D eigenvalue weighted by molar-refractivity contribution is 0.415. The van der Waals surface area contributed by atoms with Crippen LogP contribution in [0.25, 0.3) is 0 Å². The van der Waals surface area contributed by atoms with E-state index in [1.54, 1.807) is 7.11 Å². The van der Waals surface area contributed by atoms with E-state index in [1.165, 1.54) is 11.8 Å². The lowest BCUT2D eigenvalue weighted by Gasteiger charge is -2.02. The second-order valence-electron chi connectivity index (χ2n) is 2.49. The molecule has 0 spiro atoms. The topological polar surface area (TPSA) is 59.6 Å². The first kappa shape index (κ1) is 10.7. The average molecular weight is 211 g/mol. The van der Waals surface area contributed by atoms with Gasteiger partial charge in [-0.1, -0.05) is 11.8 Å². The van der Waals surface area contributed by atoms with E-state index in [0.29, 0.717) is 5.17 Å². The zero-order chi connectivity index (χ0) is 10.4. The lowest BCUT2D eigenvalue weighted by Crippen LogP contribution is -2.08. The van der Waals surface area contributed by atoms with Crippen molar-refractivity contribution in [2.24, 2.45) is 10.8 Å². The zero-order valence-corrected chi connectivity index (χ0v) is 8.97. The number of hydrazone groups is 1. The first-order valence-electron chi connectivity index (χ1n) is 4.03. The minimum Gasteiger partial charge on any atom is -0.497 e. The van der Waals surface area contributed by atoms with E-state index in [9.17, 15) is 0 Å². The smallest absolute Gasteiger partial charge is 0.177 e. The Morgan fingerprint density at radius 1 is 1.43 bits per heavy atom. The molecule has 4 nitrogen and oxygen atoms in total. The van der Waals surface area contributed by atoms with Crippen LogP contribution < -0.4 is 15.9 Å². The predicted octanol–water partition coefficient (Wildman–Crippen LogP) is 1.70. The van der Waals surface area contributed by atoms with Gasteiger partial charge in [0.05, 0.1) is 12.8 Å². The fourth-order valence-electron chi connectivity index (χ4n) is 0.831. The summed E-state index contributed by atoms with van der Waals surface area (Å²) in [6, 6.07) is 7.45. The van der Waals surface area contributed by atoms with Gasteiger partial charge >= 0.3 is 0 Å². The zero-order valence-electron chi connectivity index (χ0n) is 8.15. The number of nitrogens with two attached hydrogens (primary N) is 1. The van der Waals surface area contributed by atoms with Gasteiger partial charge in [-0.2, -0.15) is 5.10 Å². The Hall–Kier alpha value is -1.36. The normalized spacial score (nSPS) is 11.1. The molecule has 0 aliphatic rings. The molecular formula is C9H13N3OS. The van der Waals surface area contributed by atoms with Crippen LogP contribution in [0.4, 0.5) is 5.69 Å². The van der Waals surface area contributed by atoms with Gasteiger partial charge in [0.2, 0.25) is 0 Å². The summed E-state index contributed by atoms with van der Waals surface area (Å²) in [5.74, 6) is 0.817. The standard InChI is InChI=1S/C9H13N3OS/c1-13-8-5-3-7(4-6-8)11-12-9(10)14-2/h3-6,11H,1-2H3,(H2,10,12). The molecule has 1 aromatic rings. The highest BCUT2D eigenvalue weighted by Crippen LogP contribution is 2.14. The number of nitrogens with zero attached hydrogens (tertiary/aromatic N) is 1. The van der Waals surface area contributed by atoms with Gasteiger partial charge in [-0.25, -0.2) is 0 Å². The molecule has 0 fully saturated rings. The van der Waals surface area contributed by atoms with Crippen LogP contribution in [0.1, 0.15) is 0 Å². The summed E-state index contributed by atoms with van der Waals surface area (Å²) in [6.45, 7) is 0. The fourth-order valence-corrected chi connectivity index (χ4v) is 0.968. The second kappa shape index (κ2) is 5.39. The Morgan fingerprint density at radius 2 is 2.07 bits per heavy atom. The summed E-state index contributed by atoms with van der Waals surface area (Å²) in [7, 11) is 1.63. The number of ether oxygens (including phenoxy) is 1. The third-order valence-electron chi connectivity index (χ3n) is 1.59. The molecule has 0 aliphatic heterocycles. The van der Waals surface area contributed by atoms with Crippen molar-refractivity contribution in [3.63, 3.8) is 0 Å². The third-order valence-corrected chi connectivity index (χ3v) is 2.10. The van der Waals surface area contributed by atoms with Crippen LogP contribution in [0.5, 0.6) is 5.75 Å². The van der Waals surface area contributed by atoms with Crippen molar-refractivity contribution < 1.29 is 4.74 Å². The summed E-state index contributed by atoms with van der Waals surface area (Å²) in [6.07, 6.45) is 1.87. The van der Waals surface area contributed by atoms with E-state index < -0.39 is 0 Å². The largest absolute Gasteiger partial charge is 0.497 e. The molecule has 0 bridgehead atoms. The molecule has 0 radical (unpaired) electrons. The summed E-state index contributed by atoms with van der Waals surface area (Å²) < 4.78 is 5.02. The van der Waals surface area contributed by atoms with Crippen molar-refractivity contribution in [2.45, 2.75) is 0 Å². The molecule has 76 valence electrons. The summed E-state index contributed by atoms with van der Waals surface area (Å²) in [5, 5.41) is 4.44. The minimum atomic E-state index is 0.501. The Labute approximate surface area is 87.5 Å². The van der Waals surface area contributed by atoms with Crippen molar-refractivity contribution >= 4 is 22.6 Å². The monoisotopic (exact) mass is 211 g/mol. The molecule has 0 heterocycles. The first-order valence-corrected chi connectivity index (χ1v) is 5.26. The SMILES string of the molecule is COc1ccc(N/N=C(\N)SC)cc1. The predicted molar refractivity (Wildman–Crippen MR) is 61.8 cm³/mol. The average Bonchev–Trinajstić information content (AvgIpc) is 2.26. The number of nitrogens with one attached hydrogen (secondary N) is 1. The van der Waals surface area contributed by atoms with Crippen molar-refractivity contribution in [2.75, 3.05) is 18.8 Å². The molecule has 0 aliphatic carbocycles. The van der Waals surface area contributed by atoms with Crippen molar-refractivity contribution in [3.8, 4) is 5.75 Å². The molecule has 3 N–H and O–H groups in total. The number of amidine groups is 1. The number of thioether (sulfide) groups is 1. The lowest BCUT2D eigenvalue weighted by atomic mass is 10.3. The van der Waals surface area contributed by atoms with Crippen LogP contribution in [0, 0.1) is 0 Å². The molecule has 0 aromatic heterocycles. The molecule has 5 heteroatoms. The van der Waals surface area contributed by atoms with E-state index in [0.717, 1.165) is 11.4 Å². The van der Waals surface area contributed by atoms with Crippen LogP contribution in [-0.2, 0) is 0 Å². The highest BCUT2D eigenvalue weighted by molar-refractivity contribution is 8.13. The van der Waals surface area contributed by atoms with Gasteiger partial charge < -0.3 is 10.5 Å². The van der Waals surface area contributed by atoms with Crippen molar-refractivity contribution in [1.82, 2.24) is 0 Å². The number of benzene rings is 1. The van der Waals surface area contributed by atoms with Crippen LogP contribution in [0.15, 0.2) is 29.4 Å². The number of anilines is 1. The van der Waals surface area contributed by atoms with Gasteiger partial charge in [0.1, 0.15) is 5.75 Å². The van der Waals surface area contributed by atoms with Gasteiger partial charge in [-0.15, -0.1) is 0 Å². The van der Waals surface area contributed by atoms with Gasteiger partial charge in [0.15, 0.2) is 5.17 Å². The highest BCUT2D eigenvalue weighted by Gasteiger charge is 1.92. The van der Waals surface area contributed by atoms with Crippen molar-refractivity contribution in [1.29, 1.82) is 0 Å². The maximum Gasteiger partial charge on any atom is 0.177 e. The van der Waals surface area contributed by atoms with Crippen LogP contribution >= 0.6 is 11.8 Å². The highest BCUT2D eigenvalue weighted by atomic mass is 32.2. The number of rotatable bonds is 3. The van der Waals surface area contributed by atoms with Crippen molar-refractivity contribution in [3.05, 3.63) is 24.3 Å². The Kier molecular flexibility index (Phi) is 4.12. The number of hydrogen-bond acceptors (Lipinski definition) is 4. The van der Waals surface area contributed by atoms with E-state index in [-0.39, 0.29) is 0 Å². The molecular weight excluding hydrogens is 198 g/mol. The maximum absolute atomic E-state index is 5.50. The van der Waals surface area contributed by atoms with Crippen LogP contribution in [-0.4, -0.2) is 18.5 Å². The fraction of sp³-hybridized carbons (Fsp3) is 0.222. The minimum absolute atomic E-state index is 0.501. The van der Waals surface area contributed by atoms with E-state index in [2.05, 4.69) is 10.5 Å². The Morgan fingerprint density at radius 3 is 2.57 bits per heavy atom. The Balaban J connectivity index is 2.60. The molecule has 1 rings (SSSR count). The van der Waals surface area contributed by atoms with Crippen LogP contribution in [0.3, 0.4) is 0 Å². The second-order valence-corrected chi connectivity index (χ2v) is 3.32. The van der Waals surface area contributed by atoms with E-state index in [4.69, 9.17) is 10.5 Å². The number of methoxy groups -OCH3 is 1. The van der Waals surface area contributed by atoms with Gasteiger partial charge in [-0.05, 0) is 30.5 Å². The van der Waals surface area contributed by atoms with Gasteiger partial charge in [-0.3, -0.25) is 5.43 Å². The molecule has 0 amide bonds. The third kappa shape index (κ3) is 3.18. The molecule has 0 unspecified atom stereocenters. The maximum atomic E-state index is 5.50. The molecule has 0 atom stereocenters. The first-order chi connectivity index (χ1) is 6.76. The van der Waals surface area contributed by atoms with Gasteiger partial charge in [0.25, 0.3) is 0 Å². The number of hydrogen-bond donors (Lipinski definition) is 2. The summed E-state index contributed by atoms with van der Waals surface area (Å²) in [4.78, 5) is 0. The van der Waals surface area contributed by atoms with E-state index in [1.807, 2.05) is 30.5 Å². The molecule has 1 aromatic carbocycles. The summed E-state index contributed by atoms with van der Waals surface area (Å²) in [5.41, 5.74) is 9.21. The molecule has 14 heavy (non-hydrogen) atoms. The quantitative estimate of drug-likeness (QED) is 0.454. The van der Waals surface area contributed by atoms with E-state index >= 15 is 0 Å². The molecule has 0 saturated heterocycles. The summed E-state index contributed by atoms with van der Waals surface area (Å²) >= 11 is 1.39. The molecule has 0 saturated carbocycles. The Bertz CT molecular complexity index is 310. The van der Waals surface area contributed by atoms with Gasteiger partial charge in [0, 0.05) is 0 Å². The van der Waals surface area contributed by atoms with Crippen LogP contribution in [0.2, 0.25) is 0 Å².